The molecule has 27 heavy (non-hydrogen) atoms. The van der Waals surface area contributed by atoms with Gasteiger partial charge in [0.2, 0.25) is 5.95 Å². The number of benzene rings is 1. The molecule has 3 rings (SSSR count). The van der Waals surface area contributed by atoms with Crippen molar-refractivity contribution in [1.29, 1.82) is 0 Å². The molecule has 0 bridgehead atoms. The molecule has 146 valence electrons. The average molecular weight is 408 g/mol. The van der Waals surface area contributed by atoms with Crippen LogP contribution in [0.2, 0.25) is 10.0 Å². The molecule has 0 unspecified atom stereocenters. The molecule has 0 radical (unpaired) electrons. The van der Waals surface area contributed by atoms with E-state index in [0.717, 1.165) is 55.1 Å². The van der Waals surface area contributed by atoms with Crippen LogP contribution in [0.3, 0.4) is 0 Å². The molecule has 1 fully saturated rings. The van der Waals surface area contributed by atoms with E-state index in [1.54, 1.807) is 0 Å². The fraction of sp³-hybridized carbons (Fsp3) is 0.500. The lowest BCUT2D eigenvalue weighted by atomic mass is 9.91. The topological polar surface area (TPSA) is 53.1 Å². The van der Waals surface area contributed by atoms with Gasteiger partial charge in [0, 0.05) is 44.5 Å². The predicted molar refractivity (Wildman–Crippen MR) is 114 cm³/mol. The van der Waals surface area contributed by atoms with E-state index in [-0.39, 0.29) is 0 Å². The van der Waals surface area contributed by atoms with Gasteiger partial charge in [0.1, 0.15) is 5.82 Å². The van der Waals surface area contributed by atoms with Gasteiger partial charge in [0.15, 0.2) is 0 Å². The van der Waals surface area contributed by atoms with Gasteiger partial charge in [-0.2, -0.15) is 4.98 Å². The number of rotatable bonds is 6. The van der Waals surface area contributed by atoms with E-state index in [2.05, 4.69) is 20.6 Å². The van der Waals surface area contributed by atoms with Gasteiger partial charge < -0.3 is 15.5 Å². The summed E-state index contributed by atoms with van der Waals surface area (Å²) in [6.07, 6.45) is 6.35. The van der Waals surface area contributed by atoms with Crippen molar-refractivity contribution in [2.45, 2.75) is 51.2 Å². The quantitative estimate of drug-likeness (QED) is 0.728. The standard InChI is InChI=1S/C20H27Cl2N5/c1-13-11-24-20(26-19(13)27(2)3)25-16-7-5-15(6-8-16)23-12-14-4-9-17(21)18(22)10-14/h4,9-11,15-16,23H,5-8,12H2,1-3H3,(H,24,25,26)/t15-,16+. The van der Waals surface area contributed by atoms with Gasteiger partial charge in [-0.3, -0.25) is 0 Å². The van der Waals surface area contributed by atoms with Crippen LogP contribution < -0.4 is 15.5 Å². The Labute approximate surface area is 171 Å². The Hall–Kier alpha value is -1.56. The van der Waals surface area contributed by atoms with E-state index >= 15 is 0 Å². The van der Waals surface area contributed by atoms with Crippen molar-refractivity contribution in [2.75, 3.05) is 24.3 Å². The zero-order chi connectivity index (χ0) is 19.4. The third kappa shape index (κ3) is 5.47. The van der Waals surface area contributed by atoms with Crippen LogP contribution in [-0.4, -0.2) is 36.1 Å². The molecule has 1 heterocycles. The summed E-state index contributed by atoms with van der Waals surface area (Å²) in [7, 11) is 4.01. The zero-order valence-electron chi connectivity index (χ0n) is 16.1. The summed E-state index contributed by atoms with van der Waals surface area (Å²) in [6, 6.07) is 6.75. The van der Waals surface area contributed by atoms with E-state index in [0.29, 0.717) is 22.1 Å². The summed E-state index contributed by atoms with van der Waals surface area (Å²) in [5, 5.41) is 8.35. The molecule has 1 aliphatic rings. The van der Waals surface area contributed by atoms with Crippen molar-refractivity contribution in [1.82, 2.24) is 15.3 Å². The third-order valence-corrected chi connectivity index (χ3v) is 5.75. The van der Waals surface area contributed by atoms with Gasteiger partial charge in [-0.25, -0.2) is 4.98 Å². The first kappa shape index (κ1) is 20.2. The van der Waals surface area contributed by atoms with Crippen molar-refractivity contribution < 1.29 is 0 Å². The summed E-state index contributed by atoms with van der Waals surface area (Å²) in [5.41, 5.74) is 2.25. The summed E-state index contributed by atoms with van der Waals surface area (Å²) >= 11 is 12.1. The summed E-state index contributed by atoms with van der Waals surface area (Å²) in [5.74, 6) is 1.68. The lowest BCUT2D eigenvalue weighted by Gasteiger charge is -2.30. The maximum absolute atomic E-state index is 6.09. The van der Waals surface area contributed by atoms with Crippen LogP contribution in [-0.2, 0) is 6.54 Å². The monoisotopic (exact) mass is 407 g/mol. The average Bonchev–Trinajstić information content (AvgIpc) is 2.65. The number of anilines is 2. The Morgan fingerprint density at radius 2 is 1.78 bits per heavy atom. The second-order valence-electron chi connectivity index (χ2n) is 7.42. The van der Waals surface area contributed by atoms with Crippen molar-refractivity contribution >= 4 is 35.0 Å². The van der Waals surface area contributed by atoms with Crippen LogP contribution in [0.4, 0.5) is 11.8 Å². The molecule has 1 aliphatic carbocycles. The summed E-state index contributed by atoms with van der Waals surface area (Å²) < 4.78 is 0. The zero-order valence-corrected chi connectivity index (χ0v) is 17.6. The molecule has 2 N–H and O–H groups in total. The van der Waals surface area contributed by atoms with Gasteiger partial charge in [-0.05, 0) is 50.3 Å². The van der Waals surface area contributed by atoms with Crippen LogP contribution in [0.5, 0.6) is 0 Å². The molecule has 1 aromatic carbocycles. The van der Waals surface area contributed by atoms with Crippen LogP contribution in [0, 0.1) is 6.92 Å². The Morgan fingerprint density at radius 3 is 2.44 bits per heavy atom. The molecule has 0 spiro atoms. The smallest absolute Gasteiger partial charge is 0.224 e. The largest absolute Gasteiger partial charge is 0.362 e. The highest BCUT2D eigenvalue weighted by Gasteiger charge is 2.21. The minimum atomic E-state index is 0.422. The maximum Gasteiger partial charge on any atom is 0.224 e. The van der Waals surface area contributed by atoms with Crippen molar-refractivity contribution in [3.8, 4) is 0 Å². The number of aryl methyl sites for hydroxylation is 1. The summed E-state index contributed by atoms with van der Waals surface area (Å²) in [6.45, 7) is 2.84. The lowest BCUT2D eigenvalue weighted by molar-refractivity contribution is 0.352. The second kappa shape index (κ2) is 9.09. The van der Waals surface area contributed by atoms with E-state index < -0.39 is 0 Å². The highest BCUT2D eigenvalue weighted by molar-refractivity contribution is 6.42. The van der Waals surface area contributed by atoms with Crippen LogP contribution in [0.1, 0.15) is 36.8 Å². The molecule has 1 saturated carbocycles. The highest BCUT2D eigenvalue weighted by atomic mass is 35.5. The molecule has 0 amide bonds. The number of nitrogens with one attached hydrogen (secondary N) is 2. The predicted octanol–water partition coefficient (Wildman–Crippen LogP) is 4.67. The van der Waals surface area contributed by atoms with Gasteiger partial charge in [-0.1, -0.05) is 29.3 Å². The first-order valence-electron chi connectivity index (χ1n) is 9.37. The summed E-state index contributed by atoms with van der Waals surface area (Å²) in [4.78, 5) is 11.1. The van der Waals surface area contributed by atoms with E-state index in [9.17, 15) is 0 Å². The van der Waals surface area contributed by atoms with E-state index in [4.69, 9.17) is 23.2 Å². The molecular formula is C20H27Cl2N5. The van der Waals surface area contributed by atoms with Gasteiger partial charge in [-0.15, -0.1) is 0 Å². The van der Waals surface area contributed by atoms with Crippen molar-refractivity contribution in [3.05, 3.63) is 45.6 Å². The fourth-order valence-electron chi connectivity index (χ4n) is 3.49. The molecule has 0 saturated heterocycles. The normalized spacial score (nSPS) is 19.7. The Morgan fingerprint density at radius 1 is 1.07 bits per heavy atom. The molecule has 5 nitrogen and oxygen atoms in total. The molecular weight excluding hydrogens is 381 g/mol. The number of nitrogens with zero attached hydrogens (tertiary/aromatic N) is 3. The maximum atomic E-state index is 6.09. The van der Waals surface area contributed by atoms with Crippen molar-refractivity contribution in [3.63, 3.8) is 0 Å². The van der Waals surface area contributed by atoms with Gasteiger partial charge >= 0.3 is 0 Å². The molecule has 0 atom stereocenters. The molecule has 7 heteroatoms. The third-order valence-electron chi connectivity index (χ3n) is 5.01. The number of hydrogen-bond acceptors (Lipinski definition) is 5. The Balaban J connectivity index is 1.47. The molecule has 1 aromatic heterocycles. The van der Waals surface area contributed by atoms with E-state index in [1.807, 2.05) is 50.3 Å². The lowest BCUT2D eigenvalue weighted by Crippen LogP contribution is -2.37. The highest BCUT2D eigenvalue weighted by Crippen LogP contribution is 2.25. The Kier molecular flexibility index (Phi) is 6.79. The minimum absolute atomic E-state index is 0.422. The number of aromatic nitrogens is 2. The molecule has 2 aromatic rings. The Bertz CT molecular complexity index is 773. The van der Waals surface area contributed by atoms with Crippen LogP contribution in [0.25, 0.3) is 0 Å². The van der Waals surface area contributed by atoms with Crippen molar-refractivity contribution in [2.24, 2.45) is 0 Å². The van der Waals surface area contributed by atoms with Crippen LogP contribution >= 0.6 is 23.2 Å². The van der Waals surface area contributed by atoms with E-state index in [1.165, 1.54) is 0 Å². The van der Waals surface area contributed by atoms with Crippen LogP contribution in [0.15, 0.2) is 24.4 Å². The fourth-order valence-corrected chi connectivity index (χ4v) is 3.81. The second-order valence-corrected chi connectivity index (χ2v) is 8.23. The first-order chi connectivity index (χ1) is 12.9. The SMILES string of the molecule is Cc1cnc(N[C@H]2CC[C@@H](NCc3ccc(Cl)c(Cl)c3)CC2)nc1N(C)C. The first-order valence-corrected chi connectivity index (χ1v) is 10.1. The van der Waals surface area contributed by atoms with Gasteiger partial charge in [0.25, 0.3) is 0 Å². The number of hydrogen-bond donors (Lipinski definition) is 2. The number of halogens is 2. The molecule has 0 aliphatic heterocycles. The minimum Gasteiger partial charge on any atom is -0.362 e. The van der Waals surface area contributed by atoms with Gasteiger partial charge in [0.05, 0.1) is 10.0 Å².